The third kappa shape index (κ3) is 33.5. The highest BCUT2D eigenvalue weighted by Gasteiger charge is 1.62. The van der Waals surface area contributed by atoms with Crippen molar-refractivity contribution in [3.63, 3.8) is 0 Å². The van der Waals surface area contributed by atoms with E-state index in [2.05, 4.69) is 14.8 Å². The Morgan fingerprint density at radius 2 is 1.33 bits per heavy atom. The Bertz CT molecular complexity index is 28.1. The van der Waals surface area contributed by atoms with E-state index < -0.39 is 0 Å². The molecule has 0 amide bonds. The highest BCUT2D eigenvalue weighted by Crippen LogP contribution is 1.64. The number of rotatable bonds is 3. The molecule has 0 atom stereocenters. The lowest BCUT2D eigenvalue weighted by Crippen LogP contribution is -1.85. The van der Waals surface area contributed by atoms with Crippen LogP contribution in [0.4, 0.5) is 0 Å². The summed E-state index contributed by atoms with van der Waals surface area (Å²) in [6, 6.07) is 0. The largest absolute Gasteiger partial charge is 0.394 e. The van der Waals surface area contributed by atoms with E-state index in [1.54, 1.807) is 0 Å². The van der Waals surface area contributed by atoms with Crippen LogP contribution < -0.4 is 0 Å². The summed E-state index contributed by atoms with van der Waals surface area (Å²) >= 11 is 0. The molecule has 0 aromatic carbocycles. The van der Waals surface area contributed by atoms with Crippen LogP contribution in [0, 0.1) is 0 Å². The number of aliphatic hydroxyl groups is 2. The molecule has 0 spiro atoms. The van der Waals surface area contributed by atoms with Gasteiger partial charge in [-0.1, -0.05) is 5.04 Å². The molecule has 0 aliphatic carbocycles. The van der Waals surface area contributed by atoms with Gasteiger partial charge in [-0.15, -0.1) is 0 Å². The molecule has 2 N–H and O–H groups in total. The minimum atomic E-state index is -0.125. The second-order valence-electron chi connectivity index (χ2n) is 0.849. The van der Waals surface area contributed by atoms with Crippen molar-refractivity contribution in [3.05, 3.63) is 0 Å². The van der Waals surface area contributed by atoms with Gasteiger partial charge in [0.25, 0.3) is 0 Å². The maximum atomic E-state index is 7.62. The molecule has 0 saturated carbocycles. The van der Waals surface area contributed by atoms with Crippen molar-refractivity contribution in [1.29, 1.82) is 0 Å². The van der Waals surface area contributed by atoms with Crippen LogP contribution in [0.15, 0.2) is 0 Å². The fraction of sp³-hybridized carbons (Fsp3) is 1.00. The molecule has 9 heavy (non-hydrogen) atoms. The summed E-state index contributed by atoms with van der Waals surface area (Å²) in [4.78, 5) is 7.94. The standard InChI is InChI=1S/C2H6O3.C2H6O2/c1-3-5-4-2;3-1-2-4/h1-2H3;3-4H,1-2H2. The van der Waals surface area contributed by atoms with Gasteiger partial charge < -0.3 is 10.2 Å². The van der Waals surface area contributed by atoms with E-state index >= 15 is 0 Å². The maximum Gasteiger partial charge on any atom is 0.0744 e. The van der Waals surface area contributed by atoms with Crippen molar-refractivity contribution in [2.45, 2.75) is 0 Å². The summed E-state index contributed by atoms with van der Waals surface area (Å²) in [7, 11) is 2.73. The molecule has 0 radical (unpaired) electrons. The summed E-state index contributed by atoms with van der Waals surface area (Å²) in [5.41, 5.74) is 0. The van der Waals surface area contributed by atoms with E-state index in [-0.39, 0.29) is 13.2 Å². The van der Waals surface area contributed by atoms with E-state index in [0.717, 1.165) is 0 Å². The first-order chi connectivity index (χ1) is 4.33. The average Bonchev–Trinajstić information content (AvgIpc) is 1.91. The number of hydrogen-bond donors (Lipinski definition) is 2. The predicted octanol–water partition coefficient (Wildman–Crippen LogP) is -0.903. The minimum Gasteiger partial charge on any atom is -0.394 e. The van der Waals surface area contributed by atoms with Crippen molar-refractivity contribution in [1.82, 2.24) is 0 Å². The summed E-state index contributed by atoms with van der Waals surface area (Å²) in [5.74, 6) is 0. The molecule has 0 bridgehead atoms. The molecular weight excluding hydrogens is 128 g/mol. The van der Waals surface area contributed by atoms with Gasteiger partial charge in [0.05, 0.1) is 27.4 Å². The Balaban J connectivity index is 0. The third-order valence-electron chi connectivity index (χ3n) is 0.236. The van der Waals surface area contributed by atoms with Gasteiger partial charge in [0.15, 0.2) is 0 Å². The maximum absolute atomic E-state index is 7.62. The molecule has 5 heteroatoms. The van der Waals surface area contributed by atoms with Gasteiger partial charge in [-0.2, -0.15) is 0 Å². The monoisotopic (exact) mass is 140 g/mol. The molecule has 0 unspecified atom stereocenters. The minimum absolute atomic E-state index is 0.125. The molecule has 0 aromatic heterocycles. The summed E-state index contributed by atoms with van der Waals surface area (Å²) < 4.78 is 0. The molecule has 58 valence electrons. The SMILES string of the molecule is COOOC.OCCO. The topological polar surface area (TPSA) is 68.2 Å². The van der Waals surface area contributed by atoms with Crippen LogP contribution in [-0.2, 0) is 14.8 Å². The van der Waals surface area contributed by atoms with Gasteiger partial charge in [0.1, 0.15) is 0 Å². The van der Waals surface area contributed by atoms with Crippen molar-refractivity contribution in [2.75, 3.05) is 27.4 Å². The highest BCUT2D eigenvalue weighted by molar-refractivity contribution is 4.06. The Morgan fingerprint density at radius 3 is 1.33 bits per heavy atom. The van der Waals surface area contributed by atoms with Crippen molar-refractivity contribution < 1.29 is 25.0 Å². The molecule has 0 rings (SSSR count). The van der Waals surface area contributed by atoms with Gasteiger partial charge in [0, 0.05) is 0 Å². The quantitative estimate of drug-likeness (QED) is 0.392. The summed E-state index contributed by atoms with van der Waals surface area (Å²) in [5, 5.41) is 19.1. The Labute approximate surface area is 53.6 Å². The van der Waals surface area contributed by atoms with Gasteiger partial charge in [-0.25, -0.2) is 9.78 Å². The Morgan fingerprint density at radius 1 is 1.00 bits per heavy atom. The van der Waals surface area contributed by atoms with Crippen molar-refractivity contribution >= 4 is 0 Å². The van der Waals surface area contributed by atoms with E-state index in [9.17, 15) is 0 Å². The van der Waals surface area contributed by atoms with Crippen LogP contribution in [0.5, 0.6) is 0 Å². The first-order valence-electron chi connectivity index (χ1n) is 2.28. The van der Waals surface area contributed by atoms with Crippen molar-refractivity contribution in [3.8, 4) is 0 Å². The normalized spacial score (nSPS) is 8.00. The first kappa shape index (κ1) is 11.6. The molecule has 0 aromatic rings. The number of hydrogen-bond acceptors (Lipinski definition) is 5. The molecule has 0 aliphatic heterocycles. The van der Waals surface area contributed by atoms with Crippen LogP contribution in [-0.4, -0.2) is 37.6 Å². The highest BCUT2D eigenvalue weighted by atomic mass is 17.5. The van der Waals surface area contributed by atoms with E-state index in [1.807, 2.05) is 0 Å². The predicted molar refractivity (Wildman–Crippen MR) is 29.3 cm³/mol. The smallest absolute Gasteiger partial charge is 0.0744 e. The van der Waals surface area contributed by atoms with Crippen LogP contribution in [0.25, 0.3) is 0 Å². The van der Waals surface area contributed by atoms with Gasteiger partial charge in [0.2, 0.25) is 0 Å². The molecular formula is C4H12O5. The second-order valence-corrected chi connectivity index (χ2v) is 0.849. The zero-order valence-corrected chi connectivity index (χ0v) is 5.53. The van der Waals surface area contributed by atoms with Gasteiger partial charge in [-0.05, 0) is 0 Å². The Kier molecular flexibility index (Phi) is 20.1. The summed E-state index contributed by atoms with van der Waals surface area (Å²) in [6.07, 6.45) is 0. The lowest BCUT2D eigenvalue weighted by atomic mass is 10.8. The first-order valence-corrected chi connectivity index (χ1v) is 2.28. The molecule has 5 nitrogen and oxygen atoms in total. The average molecular weight is 140 g/mol. The zero-order valence-electron chi connectivity index (χ0n) is 5.53. The molecule has 0 saturated heterocycles. The van der Waals surface area contributed by atoms with Crippen LogP contribution in [0.3, 0.4) is 0 Å². The lowest BCUT2D eigenvalue weighted by molar-refractivity contribution is -0.491. The van der Waals surface area contributed by atoms with E-state index in [0.29, 0.717) is 0 Å². The van der Waals surface area contributed by atoms with E-state index in [4.69, 9.17) is 10.2 Å². The summed E-state index contributed by atoms with van der Waals surface area (Å²) in [6.45, 7) is -0.250. The molecule has 0 fully saturated rings. The van der Waals surface area contributed by atoms with Crippen molar-refractivity contribution in [2.24, 2.45) is 0 Å². The Hall–Kier alpha value is -0.200. The van der Waals surface area contributed by atoms with Crippen LogP contribution in [0.1, 0.15) is 0 Å². The van der Waals surface area contributed by atoms with Gasteiger partial charge >= 0.3 is 0 Å². The molecule has 0 heterocycles. The lowest BCUT2D eigenvalue weighted by Gasteiger charge is -1.85. The van der Waals surface area contributed by atoms with E-state index in [1.165, 1.54) is 14.2 Å². The van der Waals surface area contributed by atoms with Crippen LogP contribution in [0.2, 0.25) is 0 Å². The third-order valence-corrected chi connectivity index (χ3v) is 0.236. The second kappa shape index (κ2) is 15.7. The molecule has 0 aliphatic rings. The van der Waals surface area contributed by atoms with Gasteiger partial charge in [-0.3, -0.25) is 0 Å². The zero-order chi connectivity index (χ0) is 7.54. The number of aliphatic hydroxyl groups excluding tert-OH is 2. The van der Waals surface area contributed by atoms with Crippen LogP contribution >= 0.6 is 0 Å². The fourth-order valence-electron chi connectivity index (χ4n) is 0.0680. The fourth-order valence-corrected chi connectivity index (χ4v) is 0.0680.